The molecule has 0 spiro atoms. The van der Waals surface area contributed by atoms with Crippen molar-refractivity contribution >= 4 is 56.5 Å². The van der Waals surface area contributed by atoms with Crippen molar-refractivity contribution in [2.45, 2.75) is 71.0 Å². The molecule has 212 valence electrons. The lowest BCUT2D eigenvalue weighted by Gasteiger charge is -2.34. The number of nitrogens with one attached hydrogen (secondary N) is 1. The number of rotatable bonds is 11. The molecule has 2 amide bonds. The van der Waals surface area contributed by atoms with Crippen LogP contribution in [0.2, 0.25) is 10.0 Å². The highest BCUT2D eigenvalue weighted by atomic mass is 35.5. The Balaban J connectivity index is 1.98. The summed E-state index contributed by atoms with van der Waals surface area (Å²) in [5, 5.41) is 3.75. The fourth-order valence-corrected chi connectivity index (χ4v) is 6.17. The SMILES string of the molecule is CC[C@H](C(=O)NC1CCCCC1)N(Cc1c(Cl)cccc1Cl)C(=O)CN(c1cccc(C(C)=O)c1)S(C)(=O)=O. The summed E-state index contributed by atoms with van der Waals surface area (Å²) in [5.74, 6) is -1.14. The number of hydrogen-bond donors (Lipinski definition) is 1. The Morgan fingerprint density at radius 3 is 2.21 bits per heavy atom. The molecule has 0 unspecified atom stereocenters. The first-order chi connectivity index (χ1) is 18.4. The molecule has 1 aliphatic carbocycles. The van der Waals surface area contributed by atoms with Crippen LogP contribution >= 0.6 is 23.2 Å². The van der Waals surface area contributed by atoms with E-state index in [0.29, 0.717) is 27.6 Å². The smallest absolute Gasteiger partial charge is 0.244 e. The molecule has 0 radical (unpaired) electrons. The third-order valence-electron chi connectivity index (χ3n) is 6.95. The van der Waals surface area contributed by atoms with Gasteiger partial charge in [-0.25, -0.2) is 8.42 Å². The van der Waals surface area contributed by atoms with Gasteiger partial charge in [-0.2, -0.15) is 0 Å². The summed E-state index contributed by atoms with van der Waals surface area (Å²) in [4.78, 5) is 40.7. The molecule has 1 saturated carbocycles. The van der Waals surface area contributed by atoms with Crippen molar-refractivity contribution < 1.29 is 22.8 Å². The van der Waals surface area contributed by atoms with Gasteiger partial charge >= 0.3 is 0 Å². The van der Waals surface area contributed by atoms with Gasteiger partial charge in [-0.15, -0.1) is 0 Å². The number of Topliss-reactive ketones (excluding diaryl/α,β-unsaturated/α-hetero) is 1. The van der Waals surface area contributed by atoms with Gasteiger partial charge in [0.05, 0.1) is 11.9 Å². The van der Waals surface area contributed by atoms with E-state index in [9.17, 15) is 22.8 Å². The Labute approximate surface area is 240 Å². The normalized spacial score (nSPS) is 14.9. The Morgan fingerprint density at radius 2 is 1.64 bits per heavy atom. The van der Waals surface area contributed by atoms with Crippen LogP contribution in [0.25, 0.3) is 0 Å². The summed E-state index contributed by atoms with van der Waals surface area (Å²) >= 11 is 12.8. The maximum Gasteiger partial charge on any atom is 0.244 e. The minimum atomic E-state index is -3.93. The Kier molecular flexibility index (Phi) is 10.8. The molecule has 0 aliphatic heterocycles. The van der Waals surface area contributed by atoms with Crippen molar-refractivity contribution in [1.29, 1.82) is 0 Å². The fourth-order valence-electron chi connectivity index (χ4n) is 4.81. The first kappa shape index (κ1) is 30.9. The summed E-state index contributed by atoms with van der Waals surface area (Å²) < 4.78 is 26.6. The van der Waals surface area contributed by atoms with Crippen LogP contribution in [0, 0.1) is 0 Å². The quantitative estimate of drug-likeness (QED) is 0.359. The van der Waals surface area contributed by atoms with E-state index in [2.05, 4.69) is 5.32 Å². The van der Waals surface area contributed by atoms with Gasteiger partial charge in [-0.1, -0.05) is 67.6 Å². The second-order valence-corrected chi connectivity index (χ2v) is 12.6. The van der Waals surface area contributed by atoms with E-state index in [1.807, 2.05) is 0 Å². The van der Waals surface area contributed by atoms with Crippen LogP contribution in [0.15, 0.2) is 42.5 Å². The molecule has 3 rings (SSSR count). The second kappa shape index (κ2) is 13.6. The number of benzene rings is 2. The summed E-state index contributed by atoms with van der Waals surface area (Å²) in [5.41, 5.74) is 0.947. The van der Waals surface area contributed by atoms with Crippen LogP contribution in [-0.4, -0.2) is 55.8 Å². The van der Waals surface area contributed by atoms with Gasteiger partial charge in [0.1, 0.15) is 12.6 Å². The van der Waals surface area contributed by atoms with Crippen LogP contribution in [0.4, 0.5) is 5.69 Å². The van der Waals surface area contributed by atoms with E-state index >= 15 is 0 Å². The lowest BCUT2D eigenvalue weighted by Crippen LogP contribution is -2.54. The number of anilines is 1. The number of carbonyl (C=O) groups excluding carboxylic acids is 3. The highest BCUT2D eigenvalue weighted by Gasteiger charge is 2.33. The van der Waals surface area contributed by atoms with Gasteiger partial charge in [0.15, 0.2) is 5.78 Å². The van der Waals surface area contributed by atoms with Crippen molar-refractivity contribution in [3.63, 3.8) is 0 Å². The lowest BCUT2D eigenvalue weighted by atomic mass is 9.95. The van der Waals surface area contributed by atoms with Crippen LogP contribution in [0.5, 0.6) is 0 Å². The molecule has 2 aromatic carbocycles. The fraction of sp³-hybridized carbons (Fsp3) is 0.464. The standard InChI is InChI=1S/C28H35Cl2N3O5S/c1-4-26(28(36)31-21-11-6-5-7-12-21)32(17-23-24(29)14-9-15-25(23)30)27(35)18-33(39(3,37)38)22-13-8-10-20(16-22)19(2)34/h8-10,13-16,21,26H,4-7,11-12,17-18H2,1-3H3,(H,31,36)/t26-/m1/s1. The number of amides is 2. The van der Waals surface area contributed by atoms with Gasteiger partial charge in [-0.05, 0) is 50.5 Å². The first-order valence-electron chi connectivity index (χ1n) is 13.0. The number of ketones is 1. The summed E-state index contributed by atoms with van der Waals surface area (Å²) in [6, 6.07) is 10.2. The van der Waals surface area contributed by atoms with Gasteiger partial charge in [-0.3, -0.25) is 18.7 Å². The van der Waals surface area contributed by atoms with Crippen molar-refractivity contribution in [3.05, 3.63) is 63.6 Å². The molecular formula is C28H35Cl2N3O5S. The van der Waals surface area contributed by atoms with E-state index in [4.69, 9.17) is 23.2 Å². The number of carbonyl (C=O) groups is 3. The summed E-state index contributed by atoms with van der Waals surface area (Å²) in [7, 11) is -3.93. The topological polar surface area (TPSA) is 104 Å². The zero-order valence-corrected chi connectivity index (χ0v) is 24.8. The number of nitrogens with zero attached hydrogens (tertiary/aromatic N) is 2. The maximum absolute atomic E-state index is 13.9. The molecule has 0 heterocycles. The molecule has 0 bridgehead atoms. The Hall–Kier alpha value is -2.62. The predicted octanol–water partition coefficient (Wildman–Crippen LogP) is 5.22. The third-order valence-corrected chi connectivity index (χ3v) is 8.80. The molecule has 1 atom stereocenters. The molecule has 11 heteroatoms. The number of sulfonamides is 1. The minimum absolute atomic E-state index is 0.0305. The second-order valence-electron chi connectivity index (χ2n) is 9.87. The molecular weight excluding hydrogens is 561 g/mol. The average molecular weight is 597 g/mol. The molecule has 8 nitrogen and oxygen atoms in total. The average Bonchev–Trinajstić information content (AvgIpc) is 2.88. The van der Waals surface area contributed by atoms with Crippen molar-refractivity contribution in [3.8, 4) is 0 Å². The molecule has 1 fully saturated rings. The van der Waals surface area contributed by atoms with E-state index in [1.165, 1.54) is 24.0 Å². The zero-order valence-electron chi connectivity index (χ0n) is 22.5. The van der Waals surface area contributed by atoms with Gasteiger partial charge in [0.2, 0.25) is 21.8 Å². The third kappa shape index (κ3) is 8.19. The Morgan fingerprint density at radius 1 is 1.03 bits per heavy atom. The molecule has 0 aromatic heterocycles. The Bertz CT molecular complexity index is 1290. The summed E-state index contributed by atoms with van der Waals surface area (Å²) in [6.07, 6.45) is 6.23. The van der Waals surface area contributed by atoms with E-state index < -0.39 is 28.5 Å². The maximum atomic E-state index is 13.9. The van der Waals surface area contributed by atoms with Crippen molar-refractivity contribution in [2.75, 3.05) is 17.1 Å². The van der Waals surface area contributed by atoms with Crippen LogP contribution in [0.3, 0.4) is 0 Å². The minimum Gasteiger partial charge on any atom is -0.352 e. The van der Waals surface area contributed by atoms with Gasteiger partial charge in [0, 0.05) is 33.8 Å². The van der Waals surface area contributed by atoms with Crippen molar-refractivity contribution in [2.24, 2.45) is 0 Å². The molecule has 0 saturated heterocycles. The largest absolute Gasteiger partial charge is 0.352 e. The summed E-state index contributed by atoms with van der Waals surface area (Å²) in [6.45, 7) is 2.51. The predicted molar refractivity (Wildman–Crippen MR) is 155 cm³/mol. The molecule has 1 aliphatic rings. The van der Waals surface area contributed by atoms with Gasteiger partial charge < -0.3 is 10.2 Å². The van der Waals surface area contributed by atoms with E-state index in [-0.39, 0.29) is 30.0 Å². The van der Waals surface area contributed by atoms with E-state index in [0.717, 1.165) is 42.7 Å². The number of hydrogen-bond acceptors (Lipinski definition) is 5. The molecule has 39 heavy (non-hydrogen) atoms. The zero-order chi connectivity index (χ0) is 28.7. The molecule has 2 aromatic rings. The van der Waals surface area contributed by atoms with E-state index in [1.54, 1.807) is 37.3 Å². The highest BCUT2D eigenvalue weighted by molar-refractivity contribution is 7.92. The number of halogens is 2. The highest BCUT2D eigenvalue weighted by Crippen LogP contribution is 2.28. The van der Waals surface area contributed by atoms with Crippen LogP contribution < -0.4 is 9.62 Å². The monoisotopic (exact) mass is 595 g/mol. The molecule has 1 N–H and O–H groups in total. The van der Waals surface area contributed by atoms with Gasteiger partial charge in [0.25, 0.3) is 0 Å². The van der Waals surface area contributed by atoms with Crippen LogP contribution in [-0.2, 0) is 26.2 Å². The van der Waals surface area contributed by atoms with Crippen molar-refractivity contribution in [1.82, 2.24) is 10.2 Å². The first-order valence-corrected chi connectivity index (χ1v) is 15.6. The lowest BCUT2D eigenvalue weighted by molar-refractivity contribution is -0.140. The van der Waals surface area contributed by atoms with Crippen LogP contribution in [0.1, 0.15) is 68.3 Å².